The number of aromatic nitrogens is 1. The number of pyridine rings is 1. The van der Waals surface area contributed by atoms with Crippen LogP contribution in [0.1, 0.15) is 16.1 Å². The van der Waals surface area contributed by atoms with E-state index in [-0.39, 0.29) is 5.91 Å². The molecule has 6 heteroatoms. The minimum atomic E-state index is -0.158. The molecule has 4 N–H and O–H groups in total. The number of nitrogens with two attached hydrogens (primary N) is 1. The van der Waals surface area contributed by atoms with Crippen LogP contribution in [-0.4, -0.2) is 24.5 Å². The van der Waals surface area contributed by atoms with Crippen LogP contribution >= 0.6 is 0 Å². The zero-order chi connectivity index (χ0) is 23.0. The predicted molar refractivity (Wildman–Crippen MR) is 134 cm³/mol. The first-order chi connectivity index (χ1) is 16.1. The Kier molecular flexibility index (Phi) is 6.85. The smallest absolute Gasteiger partial charge is 0.256 e. The second-order valence-corrected chi connectivity index (χ2v) is 7.54. The van der Waals surface area contributed by atoms with Gasteiger partial charge >= 0.3 is 0 Å². The van der Waals surface area contributed by atoms with Gasteiger partial charge in [-0.05, 0) is 65.7 Å². The largest absolute Gasteiger partial charge is 0.497 e. The maximum atomic E-state index is 13.0. The van der Waals surface area contributed by atoms with Crippen molar-refractivity contribution < 1.29 is 9.53 Å². The van der Waals surface area contributed by atoms with E-state index in [1.54, 1.807) is 13.2 Å². The van der Waals surface area contributed by atoms with Crippen LogP contribution in [0.25, 0.3) is 11.1 Å². The van der Waals surface area contributed by atoms with Crippen LogP contribution in [0.2, 0.25) is 0 Å². The monoisotopic (exact) mass is 438 g/mol. The molecule has 1 amide bonds. The topological polar surface area (TPSA) is 89.3 Å². The Morgan fingerprint density at radius 2 is 1.61 bits per heavy atom. The molecule has 0 saturated heterocycles. The van der Waals surface area contributed by atoms with Gasteiger partial charge in [-0.2, -0.15) is 0 Å². The minimum Gasteiger partial charge on any atom is -0.497 e. The highest BCUT2D eigenvalue weighted by molar-refractivity contribution is 6.08. The molecular formula is C27H26N4O2. The molecule has 166 valence electrons. The molecule has 33 heavy (non-hydrogen) atoms. The summed E-state index contributed by atoms with van der Waals surface area (Å²) in [6, 6.07) is 28.5. The fourth-order valence-electron chi connectivity index (χ4n) is 3.55. The molecule has 0 aliphatic carbocycles. The highest BCUT2D eigenvalue weighted by Gasteiger charge is 2.13. The summed E-state index contributed by atoms with van der Waals surface area (Å²) in [5.41, 5.74) is 10.8. The van der Waals surface area contributed by atoms with E-state index in [1.165, 1.54) is 0 Å². The lowest BCUT2D eigenvalue weighted by Gasteiger charge is -2.12. The number of carbonyl (C=O) groups is 1. The van der Waals surface area contributed by atoms with Crippen LogP contribution in [0.4, 0.5) is 17.2 Å². The van der Waals surface area contributed by atoms with Crippen molar-refractivity contribution in [2.24, 2.45) is 0 Å². The number of nitrogen functional groups attached to an aromatic ring is 1. The van der Waals surface area contributed by atoms with E-state index in [9.17, 15) is 4.79 Å². The Balaban J connectivity index is 1.39. The second kappa shape index (κ2) is 10.3. The van der Waals surface area contributed by atoms with E-state index in [0.717, 1.165) is 46.9 Å². The lowest BCUT2D eigenvalue weighted by atomic mass is 9.99. The molecule has 0 aliphatic heterocycles. The average molecular weight is 439 g/mol. The maximum Gasteiger partial charge on any atom is 0.256 e. The van der Waals surface area contributed by atoms with Gasteiger partial charge in [0.1, 0.15) is 11.6 Å². The van der Waals surface area contributed by atoms with Crippen molar-refractivity contribution in [3.8, 4) is 16.9 Å². The van der Waals surface area contributed by atoms with Crippen molar-refractivity contribution in [1.29, 1.82) is 0 Å². The molecule has 0 unspecified atom stereocenters. The molecular weight excluding hydrogens is 412 g/mol. The normalized spacial score (nSPS) is 10.5. The molecule has 1 heterocycles. The summed E-state index contributed by atoms with van der Waals surface area (Å²) < 4.78 is 5.23. The molecule has 0 bridgehead atoms. The van der Waals surface area contributed by atoms with Crippen molar-refractivity contribution in [3.63, 3.8) is 0 Å². The number of nitrogens with zero attached hydrogens (tertiary/aromatic N) is 1. The van der Waals surface area contributed by atoms with Crippen molar-refractivity contribution in [1.82, 2.24) is 4.98 Å². The summed E-state index contributed by atoms with van der Waals surface area (Å²) >= 11 is 0. The van der Waals surface area contributed by atoms with Gasteiger partial charge < -0.3 is 21.1 Å². The van der Waals surface area contributed by atoms with Gasteiger partial charge in [-0.1, -0.05) is 36.4 Å². The first-order valence-electron chi connectivity index (χ1n) is 10.7. The number of rotatable bonds is 8. The second-order valence-electron chi connectivity index (χ2n) is 7.54. The molecule has 0 atom stereocenters. The van der Waals surface area contributed by atoms with Gasteiger partial charge in [0.05, 0.1) is 7.11 Å². The number of hydrogen-bond donors (Lipinski definition) is 3. The fourth-order valence-corrected chi connectivity index (χ4v) is 3.55. The number of nitrogens with one attached hydrogen (secondary N) is 2. The Labute approximate surface area is 193 Å². The lowest BCUT2D eigenvalue weighted by molar-refractivity contribution is 0.102. The molecule has 0 radical (unpaired) electrons. The Bertz CT molecular complexity index is 1220. The molecule has 0 saturated carbocycles. The summed E-state index contributed by atoms with van der Waals surface area (Å²) in [5, 5.41) is 6.35. The number of hydrogen-bond acceptors (Lipinski definition) is 5. The van der Waals surface area contributed by atoms with Gasteiger partial charge in [0.25, 0.3) is 5.91 Å². The zero-order valence-corrected chi connectivity index (χ0v) is 18.4. The first-order valence-corrected chi connectivity index (χ1v) is 10.7. The van der Waals surface area contributed by atoms with Gasteiger partial charge in [-0.25, -0.2) is 4.98 Å². The van der Waals surface area contributed by atoms with E-state index in [4.69, 9.17) is 10.5 Å². The molecule has 4 aromatic rings. The molecule has 1 aromatic heterocycles. The Hall–Kier alpha value is -4.32. The van der Waals surface area contributed by atoms with Gasteiger partial charge in [0.2, 0.25) is 0 Å². The highest BCUT2D eigenvalue weighted by Crippen LogP contribution is 2.26. The molecule has 4 rings (SSSR count). The molecule has 0 fully saturated rings. The minimum absolute atomic E-state index is 0.158. The van der Waals surface area contributed by atoms with Gasteiger partial charge in [-0.15, -0.1) is 0 Å². The van der Waals surface area contributed by atoms with Crippen LogP contribution in [0.5, 0.6) is 5.75 Å². The van der Waals surface area contributed by atoms with Crippen molar-refractivity contribution in [2.75, 3.05) is 30.0 Å². The zero-order valence-electron chi connectivity index (χ0n) is 18.4. The van der Waals surface area contributed by atoms with Crippen LogP contribution in [0.15, 0.2) is 91.0 Å². The standard InChI is InChI=1S/C27H26N4O2/c1-33-23-15-9-19(10-16-23)24-6-2-3-7-25(24)27(32)31-22-13-11-20(12-14-22)29-18-17-21-5-4-8-26(28)30-21/h2-16,29H,17-18H2,1H3,(H2,28,30)(H,31,32). The Morgan fingerprint density at radius 1 is 0.879 bits per heavy atom. The van der Waals surface area contributed by atoms with Crippen LogP contribution in [-0.2, 0) is 6.42 Å². The van der Waals surface area contributed by atoms with E-state index < -0.39 is 0 Å². The number of benzene rings is 3. The molecule has 6 nitrogen and oxygen atoms in total. The van der Waals surface area contributed by atoms with Crippen molar-refractivity contribution in [3.05, 3.63) is 102 Å². The van der Waals surface area contributed by atoms with E-state index in [0.29, 0.717) is 11.4 Å². The third-order valence-corrected chi connectivity index (χ3v) is 5.25. The summed E-state index contributed by atoms with van der Waals surface area (Å²) in [5.74, 6) is 1.15. The van der Waals surface area contributed by atoms with Crippen LogP contribution in [0.3, 0.4) is 0 Å². The Morgan fingerprint density at radius 3 is 2.33 bits per heavy atom. The number of methoxy groups -OCH3 is 1. The van der Waals surface area contributed by atoms with Gasteiger partial charge in [-0.3, -0.25) is 4.79 Å². The quantitative estimate of drug-likeness (QED) is 0.350. The van der Waals surface area contributed by atoms with Crippen LogP contribution in [0, 0.1) is 0 Å². The summed E-state index contributed by atoms with van der Waals surface area (Å²) in [6.07, 6.45) is 0.770. The number of carbonyl (C=O) groups excluding carboxylic acids is 1. The predicted octanol–water partition coefficient (Wildman–Crippen LogP) is 5.25. The van der Waals surface area contributed by atoms with E-state index >= 15 is 0 Å². The number of ether oxygens (including phenoxy) is 1. The lowest BCUT2D eigenvalue weighted by Crippen LogP contribution is -2.13. The van der Waals surface area contributed by atoms with Gasteiger partial charge in [0.15, 0.2) is 0 Å². The SMILES string of the molecule is COc1ccc(-c2ccccc2C(=O)Nc2ccc(NCCc3cccc(N)n3)cc2)cc1. The van der Waals surface area contributed by atoms with E-state index in [2.05, 4.69) is 15.6 Å². The molecule has 3 aromatic carbocycles. The number of amides is 1. The third-order valence-electron chi connectivity index (χ3n) is 5.25. The summed E-state index contributed by atoms with van der Waals surface area (Å²) in [4.78, 5) is 17.3. The number of anilines is 3. The van der Waals surface area contributed by atoms with Crippen molar-refractivity contribution in [2.45, 2.75) is 6.42 Å². The van der Waals surface area contributed by atoms with Gasteiger partial charge in [0, 0.05) is 35.6 Å². The molecule has 0 spiro atoms. The van der Waals surface area contributed by atoms with Crippen LogP contribution < -0.4 is 21.1 Å². The summed E-state index contributed by atoms with van der Waals surface area (Å²) in [6.45, 7) is 0.734. The fraction of sp³-hybridized carbons (Fsp3) is 0.111. The summed E-state index contributed by atoms with van der Waals surface area (Å²) in [7, 11) is 1.63. The third kappa shape index (κ3) is 5.68. The average Bonchev–Trinajstić information content (AvgIpc) is 2.85. The van der Waals surface area contributed by atoms with E-state index in [1.807, 2.05) is 84.9 Å². The van der Waals surface area contributed by atoms with Crippen molar-refractivity contribution >= 4 is 23.1 Å². The molecule has 0 aliphatic rings. The first kappa shape index (κ1) is 21.9. The highest BCUT2D eigenvalue weighted by atomic mass is 16.5. The maximum absolute atomic E-state index is 13.0.